The summed E-state index contributed by atoms with van der Waals surface area (Å²) >= 11 is 8.80. The van der Waals surface area contributed by atoms with Crippen LogP contribution in [-0.2, 0) is 20.7 Å². The molecule has 0 saturated carbocycles. The Morgan fingerprint density at radius 1 is 1.23 bits per heavy atom. The van der Waals surface area contributed by atoms with Gasteiger partial charge in [0.15, 0.2) is 5.11 Å². The van der Waals surface area contributed by atoms with Crippen LogP contribution in [0.15, 0.2) is 53.0 Å². The van der Waals surface area contributed by atoms with Gasteiger partial charge in [-0.3, -0.25) is 19.7 Å². The highest BCUT2D eigenvalue weighted by Crippen LogP contribution is 2.23. The van der Waals surface area contributed by atoms with E-state index in [0.29, 0.717) is 41.9 Å². The number of rotatable bonds is 9. The van der Waals surface area contributed by atoms with Crippen molar-refractivity contribution in [2.45, 2.75) is 32.2 Å². The van der Waals surface area contributed by atoms with E-state index < -0.39 is 17.9 Å². The second-order valence-corrected chi connectivity index (χ2v) is 9.15. The Morgan fingerprint density at radius 2 is 2.00 bits per heavy atom. The second-order valence-electron chi connectivity index (χ2n) is 7.85. The molecule has 0 bridgehead atoms. The van der Waals surface area contributed by atoms with E-state index >= 15 is 0 Å². The summed E-state index contributed by atoms with van der Waals surface area (Å²) in [6, 6.07) is 14.2. The summed E-state index contributed by atoms with van der Waals surface area (Å²) in [6.45, 7) is 3.18. The number of nitrogens with zero attached hydrogens (tertiary/aromatic N) is 1. The van der Waals surface area contributed by atoms with Gasteiger partial charge in [-0.1, -0.05) is 46.3 Å². The highest BCUT2D eigenvalue weighted by Gasteiger charge is 2.34. The average Bonchev–Trinajstić information content (AvgIpc) is 2.85. The number of amides is 2. The van der Waals surface area contributed by atoms with Gasteiger partial charge >= 0.3 is 5.97 Å². The van der Waals surface area contributed by atoms with E-state index in [4.69, 9.17) is 21.7 Å². The van der Waals surface area contributed by atoms with Gasteiger partial charge in [0, 0.05) is 17.6 Å². The Hall–Kier alpha value is -2.98. The fraction of sp³-hybridized carbons (Fsp3) is 0.360. The van der Waals surface area contributed by atoms with Crippen LogP contribution in [0, 0.1) is 0 Å². The number of carbonyl (C=O) groups excluding carboxylic acids is 3. The monoisotopic (exact) mass is 561 g/mol. The van der Waals surface area contributed by atoms with Gasteiger partial charge in [0.25, 0.3) is 5.91 Å². The normalized spacial score (nSPS) is 15.2. The molecule has 2 aromatic carbocycles. The van der Waals surface area contributed by atoms with Gasteiger partial charge < -0.3 is 19.7 Å². The first-order valence-corrected chi connectivity index (χ1v) is 12.6. The van der Waals surface area contributed by atoms with Crippen LogP contribution in [0.25, 0.3) is 0 Å². The number of hydrogen-bond donors (Lipinski definition) is 2. The second kappa shape index (κ2) is 13.2. The number of nitrogens with one attached hydrogen (secondary N) is 2. The van der Waals surface area contributed by atoms with Crippen LogP contribution in [0.3, 0.4) is 0 Å². The molecule has 3 rings (SSSR count). The Morgan fingerprint density at radius 3 is 2.74 bits per heavy atom. The largest absolute Gasteiger partial charge is 0.493 e. The van der Waals surface area contributed by atoms with E-state index in [1.165, 1.54) is 5.56 Å². The molecular weight excluding hydrogens is 534 g/mol. The Kier molecular flexibility index (Phi) is 10.0. The smallest absolute Gasteiger partial charge is 0.308 e. The van der Waals surface area contributed by atoms with Crippen molar-refractivity contribution in [2.75, 3.05) is 26.3 Å². The lowest BCUT2D eigenvalue weighted by atomic mass is 10.1. The SMILES string of the molecule is CCOc1ccc(Br)cc1C(=O)NC(=S)N1CCNC(=O)C1CC(=O)OCCCc1ccccc1. The number of thiocarbonyl (C=S) groups is 1. The molecule has 8 nitrogen and oxygen atoms in total. The maximum Gasteiger partial charge on any atom is 0.308 e. The lowest BCUT2D eigenvalue weighted by Crippen LogP contribution is -2.60. The molecule has 2 aromatic rings. The third kappa shape index (κ3) is 7.76. The molecule has 186 valence electrons. The van der Waals surface area contributed by atoms with Gasteiger partial charge in [-0.25, -0.2) is 0 Å². The molecule has 1 fully saturated rings. The minimum Gasteiger partial charge on any atom is -0.493 e. The first-order valence-electron chi connectivity index (χ1n) is 11.4. The predicted molar refractivity (Wildman–Crippen MR) is 139 cm³/mol. The number of carbonyl (C=O) groups is 3. The molecule has 10 heteroatoms. The van der Waals surface area contributed by atoms with Gasteiger partial charge in [-0.2, -0.15) is 0 Å². The van der Waals surface area contributed by atoms with Crippen LogP contribution in [0.5, 0.6) is 5.75 Å². The highest BCUT2D eigenvalue weighted by atomic mass is 79.9. The molecule has 1 saturated heterocycles. The summed E-state index contributed by atoms with van der Waals surface area (Å²) in [6.07, 6.45) is 1.30. The number of ether oxygens (including phenoxy) is 2. The lowest BCUT2D eigenvalue weighted by molar-refractivity contribution is -0.147. The average molecular weight is 562 g/mol. The van der Waals surface area contributed by atoms with Gasteiger partial charge in [-0.15, -0.1) is 0 Å². The molecule has 2 amide bonds. The molecule has 0 aliphatic carbocycles. The molecule has 1 atom stereocenters. The summed E-state index contributed by atoms with van der Waals surface area (Å²) in [5, 5.41) is 5.48. The van der Waals surface area contributed by atoms with Crippen LogP contribution >= 0.6 is 28.1 Å². The molecule has 2 N–H and O–H groups in total. The minimum absolute atomic E-state index is 0.0640. The standard InChI is InChI=1S/C25H28BrN3O5S/c1-2-33-21-11-10-18(26)15-19(21)23(31)28-25(35)29-13-12-27-24(32)20(29)16-22(30)34-14-6-9-17-7-4-3-5-8-17/h3-5,7-8,10-11,15,20H,2,6,9,12-14,16H2,1H3,(H,27,32)(H,28,31,35). The van der Waals surface area contributed by atoms with Crippen molar-refractivity contribution in [3.63, 3.8) is 0 Å². The lowest BCUT2D eigenvalue weighted by Gasteiger charge is -2.36. The molecule has 1 aliphatic heterocycles. The quantitative estimate of drug-likeness (QED) is 0.275. The number of benzene rings is 2. The maximum absolute atomic E-state index is 12.9. The third-order valence-electron chi connectivity index (χ3n) is 5.37. The van der Waals surface area contributed by atoms with Crippen molar-refractivity contribution in [3.8, 4) is 5.75 Å². The Balaban J connectivity index is 1.57. The predicted octanol–water partition coefficient (Wildman–Crippen LogP) is 3.23. The number of hydrogen-bond acceptors (Lipinski definition) is 6. The zero-order chi connectivity index (χ0) is 25.2. The topological polar surface area (TPSA) is 97.0 Å². The molecule has 35 heavy (non-hydrogen) atoms. The molecule has 0 radical (unpaired) electrons. The van der Waals surface area contributed by atoms with Gasteiger partial charge in [0.2, 0.25) is 5.91 Å². The van der Waals surface area contributed by atoms with E-state index in [9.17, 15) is 14.4 Å². The van der Waals surface area contributed by atoms with Crippen LogP contribution in [0.2, 0.25) is 0 Å². The Bertz CT molecular complexity index is 1070. The van der Waals surface area contributed by atoms with Crippen molar-refractivity contribution in [1.82, 2.24) is 15.5 Å². The minimum atomic E-state index is -0.868. The van der Waals surface area contributed by atoms with Crippen molar-refractivity contribution in [2.24, 2.45) is 0 Å². The number of piperazine rings is 1. The summed E-state index contributed by atoms with van der Waals surface area (Å²) in [4.78, 5) is 39.5. The summed E-state index contributed by atoms with van der Waals surface area (Å²) < 4.78 is 11.6. The summed E-state index contributed by atoms with van der Waals surface area (Å²) in [5.41, 5.74) is 1.47. The zero-order valence-electron chi connectivity index (χ0n) is 19.4. The molecule has 1 aliphatic rings. The number of esters is 1. The fourth-order valence-electron chi connectivity index (χ4n) is 3.68. The first-order chi connectivity index (χ1) is 16.9. The van der Waals surface area contributed by atoms with E-state index in [2.05, 4.69) is 26.6 Å². The Labute approximate surface area is 218 Å². The van der Waals surface area contributed by atoms with Crippen molar-refractivity contribution in [3.05, 3.63) is 64.1 Å². The zero-order valence-corrected chi connectivity index (χ0v) is 21.8. The summed E-state index contributed by atoms with van der Waals surface area (Å²) in [7, 11) is 0. The number of halogens is 1. The van der Waals surface area contributed by atoms with Crippen molar-refractivity contribution < 1.29 is 23.9 Å². The number of aryl methyl sites for hydroxylation is 1. The van der Waals surface area contributed by atoms with Gasteiger partial charge in [0.05, 0.1) is 25.2 Å². The fourth-order valence-corrected chi connectivity index (χ4v) is 4.35. The maximum atomic E-state index is 12.9. The third-order valence-corrected chi connectivity index (χ3v) is 6.20. The van der Waals surface area contributed by atoms with Crippen LogP contribution in [0.1, 0.15) is 35.7 Å². The molecule has 1 heterocycles. The van der Waals surface area contributed by atoms with Crippen LogP contribution < -0.4 is 15.4 Å². The van der Waals surface area contributed by atoms with E-state index in [1.54, 1.807) is 23.1 Å². The summed E-state index contributed by atoms with van der Waals surface area (Å²) in [5.74, 6) is -0.882. The van der Waals surface area contributed by atoms with E-state index in [-0.39, 0.29) is 24.0 Å². The molecule has 1 unspecified atom stereocenters. The molecule has 0 aromatic heterocycles. The van der Waals surface area contributed by atoms with E-state index in [0.717, 1.165) is 6.42 Å². The molecular formula is C25H28BrN3O5S. The molecule has 0 spiro atoms. The first kappa shape index (κ1) is 26.6. The van der Waals surface area contributed by atoms with Crippen molar-refractivity contribution >= 4 is 51.0 Å². The van der Waals surface area contributed by atoms with Crippen LogP contribution in [-0.4, -0.2) is 60.1 Å². The van der Waals surface area contributed by atoms with E-state index in [1.807, 2.05) is 37.3 Å². The van der Waals surface area contributed by atoms with Crippen molar-refractivity contribution in [1.29, 1.82) is 0 Å². The van der Waals surface area contributed by atoms with Crippen LogP contribution in [0.4, 0.5) is 0 Å². The highest BCUT2D eigenvalue weighted by molar-refractivity contribution is 9.10. The van der Waals surface area contributed by atoms with Gasteiger partial charge in [-0.05, 0) is 55.7 Å². The van der Waals surface area contributed by atoms with Gasteiger partial charge in [0.1, 0.15) is 11.8 Å².